The topological polar surface area (TPSA) is 155 Å². The van der Waals surface area contributed by atoms with E-state index in [0.717, 1.165) is 6.26 Å². The largest absolute Gasteiger partial charge is 0.530 e. The fraction of sp³-hybridized carbons (Fsp3) is 0.565. The number of sulfonamides is 1. The van der Waals surface area contributed by atoms with Crippen molar-refractivity contribution in [1.82, 2.24) is 14.6 Å². The van der Waals surface area contributed by atoms with Crippen molar-refractivity contribution in [2.45, 2.75) is 69.9 Å². The number of aromatic nitrogens is 1. The van der Waals surface area contributed by atoms with E-state index in [1.807, 2.05) is 0 Å². The molecule has 3 rings (SSSR count). The number of benzene rings is 1. The lowest BCUT2D eigenvalue weighted by atomic mass is 9.88. The van der Waals surface area contributed by atoms with Crippen LogP contribution in [0.25, 0.3) is 0 Å². The van der Waals surface area contributed by atoms with Gasteiger partial charge < -0.3 is 19.2 Å². The number of hydrogen-bond acceptors (Lipinski definition) is 9. The number of carboxylic acid groups (broad SMARTS) is 1. The number of hydrogen-bond donors (Lipinski definition) is 1. The van der Waals surface area contributed by atoms with Crippen molar-refractivity contribution < 1.29 is 27.7 Å². The lowest BCUT2D eigenvalue weighted by molar-refractivity contribution is -0.384. The second kappa shape index (κ2) is 10.4. The predicted molar refractivity (Wildman–Crippen MR) is 141 cm³/mol. The van der Waals surface area contributed by atoms with Gasteiger partial charge in [-0.1, -0.05) is 32.9 Å². The van der Waals surface area contributed by atoms with E-state index in [9.17, 15) is 28.4 Å². The highest BCUT2D eigenvalue weighted by Crippen LogP contribution is 2.46. The molecule has 1 aliphatic rings. The lowest BCUT2D eigenvalue weighted by Crippen LogP contribution is -2.52. The third-order valence-corrected chi connectivity index (χ3v) is 13.4. The molecule has 1 aromatic carbocycles. The second-order valence-electron chi connectivity index (χ2n) is 11.0. The number of non-ortho nitro benzene ring substituents is 1. The van der Waals surface area contributed by atoms with Gasteiger partial charge in [-0.25, -0.2) is 18.1 Å². The minimum Gasteiger partial charge on any atom is -0.530 e. The molecule has 0 aliphatic carbocycles. The average Bonchev–Trinajstić information content (AvgIpc) is 3.37. The summed E-state index contributed by atoms with van der Waals surface area (Å²) in [5, 5.41) is 25.7. The number of amides is 1. The maximum absolute atomic E-state index is 12.5. The number of likely N-dealkylation sites (tertiary alicyclic amines) is 1. The summed E-state index contributed by atoms with van der Waals surface area (Å²) in [6.45, 7) is 10.6. The SMILES string of the molecule is CC(C)(C)[Si](C)(C)O[C@H]1CN(C(=O)[O-])[C@](Cc2ccc([N+](=O)[O-])cc2)(c2nc(CNS(C)(=O)=O)cs2)C1. The molecule has 2 aromatic rings. The molecule has 14 heteroatoms. The molecule has 1 aromatic heterocycles. The first-order chi connectivity index (χ1) is 16.9. The standard InChI is InChI=1S/C23H34N4O7S2Si/c1-22(2,3)37(5,6)34-19-12-23(26(14-19)21(28)29,11-16-7-9-18(10-8-16)27(30)31)20-25-17(15-35-20)13-24-36(4,32)33/h7-10,15,19,24H,11-14H2,1-6H3,(H,28,29)/p-1/t19-,23+/m1/s1. The Balaban J connectivity index is 2.04. The number of rotatable bonds is 9. The van der Waals surface area contributed by atoms with Crippen LogP contribution < -0.4 is 9.83 Å². The van der Waals surface area contributed by atoms with Crippen LogP contribution in [0.1, 0.15) is 43.5 Å². The Kier molecular flexibility index (Phi) is 8.20. The average molecular weight is 570 g/mol. The molecule has 0 bridgehead atoms. The zero-order chi connectivity index (χ0) is 27.8. The summed E-state index contributed by atoms with van der Waals surface area (Å²) in [6.07, 6.45) is -0.208. The quantitative estimate of drug-likeness (QED) is 0.275. The van der Waals surface area contributed by atoms with E-state index in [0.29, 0.717) is 22.7 Å². The number of carbonyl (C=O) groups excluding carboxylic acids is 1. The zero-order valence-corrected chi connectivity index (χ0v) is 24.4. The van der Waals surface area contributed by atoms with E-state index in [2.05, 4.69) is 43.6 Å². The molecular formula is C23H33N4O7S2Si-. The van der Waals surface area contributed by atoms with Crippen molar-refractivity contribution >= 4 is 41.5 Å². The van der Waals surface area contributed by atoms with E-state index in [4.69, 9.17) is 4.43 Å². The normalized spacial score (nSPS) is 20.8. The lowest BCUT2D eigenvalue weighted by Gasteiger charge is -2.39. The molecule has 1 N–H and O–H groups in total. The molecule has 1 fully saturated rings. The van der Waals surface area contributed by atoms with Gasteiger partial charge >= 0.3 is 0 Å². The van der Waals surface area contributed by atoms with Gasteiger partial charge in [-0.05, 0) is 23.7 Å². The first-order valence-electron chi connectivity index (χ1n) is 11.7. The monoisotopic (exact) mass is 569 g/mol. The van der Waals surface area contributed by atoms with E-state index in [1.54, 1.807) is 17.5 Å². The minimum absolute atomic E-state index is 0.0296. The maximum atomic E-state index is 12.5. The Bertz CT molecular complexity index is 1260. The summed E-state index contributed by atoms with van der Waals surface area (Å²) in [6, 6.07) is 5.98. The highest BCUT2D eigenvalue weighted by molar-refractivity contribution is 7.88. The first-order valence-corrected chi connectivity index (χ1v) is 17.4. The molecule has 0 saturated carbocycles. The summed E-state index contributed by atoms with van der Waals surface area (Å²) in [7, 11) is -5.69. The van der Waals surface area contributed by atoms with E-state index < -0.39 is 41.0 Å². The van der Waals surface area contributed by atoms with Crippen LogP contribution in [-0.4, -0.2) is 56.5 Å². The van der Waals surface area contributed by atoms with Gasteiger partial charge in [-0.15, -0.1) is 11.3 Å². The van der Waals surface area contributed by atoms with Crippen LogP contribution in [-0.2, 0) is 33.0 Å². The van der Waals surface area contributed by atoms with Crippen LogP contribution in [0.5, 0.6) is 0 Å². The number of thiazole rings is 1. The zero-order valence-electron chi connectivity index (χ0n) is 21.8. The Hall–Kier alpha value is -2.39. The Morgan fingerprint density at radius 3 is 2.46 bits per heavy atom. The molecular weight excluding hydrogens is 536 g/mol. The Morgan fingerprint density at radius 2 is 1.95 bits per heavy atom. The molecule has 2 atom stereocenters. The van der Waals surface area contributed by atoms with E-state index >= 15 is 0 Å². The molecule has 0 radical (unpaired) electrons. The van der Waals surface area contributed by atoms with Crippen LogP contribution in [0.4, 0.5) is 10.5 Å². The molecule has 11 nitrogen and oxygen atoms in total. The summed E-state index contributed by atoms with van der Waals surface area (Å²) < 4.78 is 32.1. The fourth-order valence-electron chi connectivity index (χ4n) is 4.18. The van der Waals surface area contributed by atoms with E-state index in [-0.39, 0.29) is 30.2 Å². The number of nitrogens with zero attached hydrogens (tertiary/aromatic N) is 3. The van der Waals surface area contributed by atoms with E-state index in [1.165, 1.54) is 28.4 Å². The molecule has 1 aliphatic heterocycles. The van der Waals surface area contributed by atoms with Crippen LogP contribution in [0, 0.1) is 10.1 Å². The third kappa shape index (κ3) is 6.73. The molecule has 0 spiro atoms. The fourth-order valence-corrected chi connectivity index (χ4v) is 6.97. The highest BCUT2D eigenvalue weighted by atomic mass is 32.2. The number of nitrogens with one attached hydrogen (secondary N) is 1. The van der Waals surface area contributed by atoms with Gasteiger partial charge in [-0.3, -0.25) is 10.1 Å². The van der Waals surface area contributed by atoms with Gasteiger partial charge in [-0.2, -0.15) is 0 Å². The summed E-state index contributed by atoms with van der Waals surface area (Å²) >= 11 is 1.24. The van der Waals surface area contributed by atoms with Gasteiger partial charge in [0.1, 0.15) is 11.1 Å². The predicted octanol–water partition coefficient (Wildman–Crippen LogP) is 2.98. The van der Waals surface area contributed by atoms with Crippen LogP contribution in [0.3, 0.4) is 0 Å². The Labute approximate surface area is 222 Å². The van der Waals surface area contributed by atoms with Gasteiger partial charge in [0.25, 0.3) is 5.69 Å². The molecule has 0 unspecified atom stereocenters. The van der Waals surface area contributed by atoms with Gasteiger partial charge in [0, 0.05) is 36.9 Å². The van der Waals surface area contributed by atoms with Gasteiger partial charge in [0.2, 0.25) is 10.0 Å². The van der Waals surface area contributed by atoms with Crippen LogP contribution >= 0.6 is 11.3 Å². The molecule has 2 heterocycles. The van der Waals surface area contributed by atoms with Crippen molar-refractivity contribution in [3.05, 3.63) is 56.0 Å². The van der Waals surface area contributed by atoms with Gasteiger partial charge in [0.15, 0.2) is 8.32 Å². The van der Waals surface area contributed by atoms with Crippen molar-refractivity contribution in [3.63, 3.8) is 0 Å². The van der Waals surface area contributed by atoms with Gasteiger partial charge in [0.05, 0.1) is 35.1 Å². The number of nitro groups is 1. The maximum Gasteiger partial charge on any atom is 0.269 e. The van der Waals surface area contributed by atoms with Crippen molar-refractivity contribution in [1.29, 1.82) is 0 Å². The molecule has 1 saturated heterocycles. The Morgan fingerprint density at radius 1 is 1.32 bits per heavy atom. The van der Waals surface area contributed by atoms with Crippen LogP contribution in [0.15, 0.2) is 29.6 Å². The van der Waals surface area contributed by atoms with Crippen LogP contribution in [0.2, 0.25) is 18.1 Å². The molecule has 204 valence electrons. The minimum atomic E-state index is -3.44. The number of carbonyl (C=O) groups is 1. The number of nitro benzene ring substituents is 1. The highest BCUT2D eigenvalue weighted by Gasteiger charge is 2.52. The smallest absolute Gasteiger partial charge is 0.269 e. The summed E-state index contributed by atoms with van der Waals surface area (Å²) in [5.74, 6) is 0. The first kappa shape index (κ1) is 29.2. The van der Waals surface area contributed by atoms with Crippen molar-refractivity contribution in [3.8, 4) is 0 Å². The third-order valence-electron chi connectivity index (χ3n) is 7.07. The molecule has 1 amide bonds. The summed E-state index contributed by atoms with van der Waals surface area (Å²) in [5.41, 5.74) is -0.0596. The summed E-state index contributed by atoms with van der Waals surface area (Å²) in [4.78, 5) is 29.0. The van der Waals surface area contributed by atoms with Crippen molar-refractivity contribution in [2.75, 3.05) is 12.8 Å². The molecule has 37 heavy (non-hydrogen) atoms. The van der Waals surface area contributed by atoms with Crippen molar-refractivity contribution in [2.24, 2.45) is 0 Å². The second-order valence-corrected chi connectivity index (χ2v) is 18.4.